The lowest BCUT2D eigenvalue weighted by Crippen LogP contribution is -2.09. The van der Waals surface area contributed by atoms with Crippen molar-refractivity contribution in [1.82, 2.24) is 18.7 Å². The van der Waals surface area contributed by atoms with Crippen LogP contribution in [0.2, 0.25) is 0 Å². The van der Waals surface area contributed by atoms with E-state index in [0.29, 0.717) is 0 Å². The Morgan fingerprint density at radius 3 is 1.09 bits per heavy atom. The van der Waals surface area contributed by atoms with Crippen molar-refractivity contribution in [3.05, 3.63) is 194 Å². The predicted molar refractivity (Wildman–Crippen MR) is 286 cm³/mol. The lowest BCUT2D eigenvalue weighted by Gasteiger charge is -2.18. The third-order valence-electron chi connectivity index (χ3n) is 14.0. The van der Waals surface area contributed by atoms with Crippen LogP contribution in [0.5, 0.6) is 0 Å². The van der Waals surface area contributed by atoms with Crippen molar-refractivity contribution in [3.63, 3.8) is 0 Å². The Kier molecular flexibility index (Phi) is 6.96. The molecule has 0 aliphatic heterocycles. The topological polar surface area (TPSA) is 27.7 Å². The fraction of sp³-hybridized carbons (Fsp3) is 0. The highest BCUT2D eigenvalue weighted by Gasteiger charge is 2.25. The number of benzene rings is 9. The summed E-state index contributed by atoms with van der Waals surface area (Å²) in [6, 6.07) is 72.1. The molecule has 0 N–H and O–H groups in total. The van der Waals surface area contributed by atoms with E-state index in [0.717, 1.165) is 44.9 Å². The minimum absolute atomic E-state index is 0.874. The number of thiophene rings is 3. The quantitative estimate of drug-likeness (QED) is 0.174. The van der Waals surface area contributed by atoms with Crippen LogP contribution < -0.4 is 0 Å². The summed E-state index contributed by atoms with van der Waals surface area (Å²) in [5.41, 5.74) is 7.89. The van der Waals surface area contributed by atoms with Crippen LogP contribution in [0.4, 0.5) is 0 Å². The fourth-order valence-electron chi connectivity index (χ4n) is 11.2. The molecule has 4 nitrogen and oxygen atoms in total. The van der Waals surface area contributed by atoms with Gasteiger partial charge in [-0.25, -0.2) is 4.98 Å². The number of nitrogens with zero attached hydrogens (tertiary/aromatic N) is 4. The maximum Gasteiger partial charge on any atom is 0.164 e. The molecule has 16 aromatic rings. The number of hydrogen-bond donors (Lipinski definition) is 0. The molecule has 66 heavy (non-hydrogen) atoms. The Balaban J connectivity index is 1.07. The van der Waals surface area contributed by atoms with Crippen molar-refractivity contribution < 1.29 is 0 Å². The van der Waals surface area contributed by atoms with E-state index >= 15 is 0 Å². The summed E-state index contributed by atoms with van der Waals surface area (Å²) in [5.74, 6) is 1.75. The molecule has 0 aliphatic rings. The summed E-state index contributed by atoms with van der Waals surface area (Å²) < 4.78 is 15.1. The Labute approximate surface area is 387 Å². The van der Waals surface area contributed by atoms with Gasteiger partial charge in [0.2, 0.25) is 0 Å². The Bertz CT molecular complexity index is 4780. The predicted octanol–water partition coefficient (Wildman–Crippen LogP) is 17.5. The first-order valence-electron chi connectivity index (χ1n) is 22.3. The standard InChI is InChI=1S/C59H32N4S3/c1-7-19-45-33(13-1)39-30-55-42(36-16-4-10-22-52(36)64-55)27-49(39)61(45)48-25-26-58(62-46-20-8-2-14-34(46)40-31-56-43(28-50(40)62)37-17-5-11-23-53(37)65-56)60-59(48)63-47-21-9-3-15-35(47)41-32-57-44(29-51(41)63)38-18-6-12-24-54(38)66-57/h1-32H. The minimum Gasteiger partial charge on any atom is -0.306 e. The molecule has 16 rings (SSSR count). The van der Waals surface area contributed by atoms with Gasteiger partial charge in [-0.1, -0.05) is 109 Å². The van der Waals surface area contributed by atoms with E-state index in [1.807, 2.05) is 34.0 Å². The molecule has 0 radical (unpaired) electrons. The van der Waals surface area contributed by atoms with Gasteiger partial charge in [0.05, 0.1) is 38.8 Å². The zero-order valence-corrected chi connectivity index (χ0v) is 37.4. The second kappa shape index (κ2) is 12.9. The van der Waals surface area contributed by atoms with Crippen LogP contribution in [0.15, 0.2) is 194 Å². The number of rotatable bonds is 3. The second-order valence-electron chi connectivity index (χ2n) is 17.5. The van der Waals surface area contributed by atoms with Gasteiger partial charge in [0.1, 0.15) is 5.82 Å². The monoisotopic (exact) mass is 892 g/mol. The Morgan fingerprint density at radius 2 is 0.621 bits per heavy atom. The van der Waals surface area contributed by atoms with Crippen molar-refractivity contribution in [2.75, 3.05) is 0 Å². The molecule has 0 aliphatic carbocycles. The highest BCUT2D eigenvalue weighted by molar-refractivity contribution is 7.26. The van der Waals surface area contributed by atoms with Crippen molar-refractivity contribution in [2.24, 2.45) is 0 Å². The van der Waals surface area contributed by atoms with Crippen LogP contribution in [-0.2, 0) is 0 Å². The molecule has 0 saturated carbocycles. The molecular formula is C59H32N4S3. The summed E-state index contributed by atoms with van der Waals surface area (Å²) >= 11 is 5.61. The zero-order chi connectivity index (χ0) is 42.8. The third kappa shape index (κ3) is 4.68. The van der Waals surface area contributed by atoms with Crippen LogP contribution in [0.1, 0.15) is 0 Å². The van der Waals surface area contributed by atoms with Gasteiger partial charge in [0.25, 0.3) is 0 Å². The van der Waals surface area contributed by atoms with E-state index in [-0.39, 0.29) is 0 Å². The van der Waals surface area contributed by atoms with Crippen molar-refractivity contribution in [3.8, 4) is 17.3 Å². The normalized spacial score (nSPS) is 12.5. The van der Waals surface area contributed by atoms with Gasteiger partial charge in [0.15, 0.2) is 5.82 Å². The largest absolute Gasteiger partial charge is 0.306 e. The molecule has 7 heteroatoms. The minimum atomic E-state index is 0.874. The van der Waals surface area contributed by atoms with Gasteiger partial charge in [-0.05, 0) is 84.9 Å². The van der Waals surface area contributed by atoms with Gasteiger partial charge < -0.3 is 4.57 Å². The molecular weight excluding hydrogens is 861 g/mol. The highest BCUT2D eigenvalue weighted by atomic mass is 32.1. The fourth-order valence-corrected chi connectivity index (χ4v) is 14.6. The molecule has 0 atom stereocenters. The van der Waals surface area contributed by atoms with Crippen molar-refractivity contribution >= 4 is 160 Å². The van der Waals surface area contributed by atoms with E-state index in [4.69, 9.17) is 4.98 Å². The number of fused-ring (bicyclic) bond motifs is 18. The molecule has 0 saturated heterocycles. The van der Waals surface area contributed by atoms with Crippen LogP contribution in [-0.4, -0.2) is 18.7 Å². The molecule has 7 heterocycles. The van der Waals surface area contributed by atoms with E-state index < -0.39 is 0 Å². The average Bonchev–Trinajstić information content (AvgIpc) is 4.21. The van der Waals surface area contributed by atoms with Crippen molar-refractivity contribution in [1.29, 1.82) is 0 Å². The molecule has 0 spiro atoms. The average molecular weight is 893 g/mol. The molecule has 0 bridgehead atoms. The third-order valence-corrected chi connectivity index (χ3v) is 17.4. The van der Waals surface area contributed by atoms with Gasteiger partial charge >= 0.3 is 0 Å². The Morgan fingerprint density at radius 1 is 0.258 bits per heavy atom. The molecule has 0 amide bonds. The first-order chi connectivity index (χ1) is 32.7. The van der Waals surface area contributed by atoms with Crippen LogP contribution in [0, 0.1) is 0 Å². The second-order valence-corrected chi connectivity index (χ2v) is 20.7. The summed E-state index contributed by atoms with van der Waals surface area (Å²) in [5, 5.41) is 15.0. The summed E-state index contributed by atoms with van der Waals surface area (Å²) in [6.45, 7) is 0. The SMILES string of the molecule is c1ccc2c(c1)sc1cc3c4ccccc4n(-c4ccc(-n5c6ccccc6c6cc7sc8ccccc8c7cc65)c(-n5c6ccccc6c6cc7sc8ccccc8c7cc65)n4)c3cc12. The van der Waals surface area contributed by atoms with E-state index in [1.165, 1.54) is 98.4 Å². The number of para-hydroxylation sites is 3. The summed E-state index contributed by atoms with van der Waals surface area (Å²) in [7, 11) is 0. The van der Waals surface area contributed by atoms with E-state index in [9.17, 15) is 0 Å². The van der Waals surface area contributed by atoms with Gasteiger partial charge in [-0.2, -0.15) is 0 Å². The number of hydrogen-bond acceptors (Lipinski definition) is 4. The highest BCUT2D eigenvalue weighted by Crippen LogP contribution is 2.46. The first-order valence-corrected chi connectivity index (χ1v) is 24.7. The first kappa shape index (κ1) is 35.5. The number of pyridine rings is 1. The van der Waals surface area contributed by atoms with E-state index in [1.54, 1.807) is 0 Å². The van der Waals surface area contributed by atoms with Gasteiger partial charge in [-0.15, -0.1) is 34.0 Å². The molecule has 306 valence electrons. The van der Waals surface area contributed by atoms with Crippen molar-refractivity contribution in [2.45, 2.75) is 0 Å². The molecule has 0 fully saturated rings. The maximum atomic E-state index is 6.00. The molecule has 0 unspecified atom stereocenters. The van der Waals surface area contributed by atoms with Gasteiger partial charge in [0, 0.05) is 92.8 Å². The zero-order valence-electron chi connectivity index (χ0n) is 35.0. The lowest BCUT2D eigenvalue weighted by molar-refractivity contribution is 0.984. The molecule has 9 aromatic carbocycles. The van der Waals surface area contributed by atoms with Crippen LogP contribution >= 0.6 is 34.0 Å². The van der Waals surface area contributed by atoms with E-state index in [2.05, 4.69) is 208 Å². The number of aromatic nitrogens is 4. The summed E-state index contributed by atoms with van der Waals surface area (Å²) in [4.78, 5) is 6.00. The van der Waals surface area contributed by atoms with Gasteiger partial charge in [-0.3, -0.25) is 9.13 Å². The summed E-state index contributed by atoms with van der Waals surface area (Å²) in [6.07, 6.45) is 0. The molecule has 7 aromatic heterocycles. The maximum absolute atomic E-state index is 6.00. The van der Waals surface area contributed by atoms with Crippen LogP contribution in [0.25, 0.3) is 143 Å². The Hall–Kier alpha value is -7.81. The van der Waals surface area contributed by atoms with Crippen LogP contribution in [0.3, 0.4) is 0 Å². The smallest absolute Gasteiger partial charge is 0.164 e. The lowest BCUT2D eigenvalue weighted by atomic mass is 10.1.